The van der Waals surface area contributed by atoms with E-state index in [1.54, 1.807) is 22.1 Å². The van der Waals surface area contributed by atoms with Crippen LogP contribution in [0.4, 0.5) is 23.7 Å². The van der Waals surface area contributed by atoms with Crippen molar-refractivity contribution < 1.29 is 27.6 Å². The summed E-state index contributed by atoms with van der Waals surface area (Å²) >= 11 is 1.77. The van der Waals surface area contributed by atoms with Crippen LogP contribution in [-0.2, 0) is 17.8 Å². The van der Waals surface area contributed by atoms with Gasteiger partial charge in [0.2, 0.25) is 0 Å². The third-order valence-electron chi connectivity index (χ3n) is 5.31. The molecule has 0 saturated carbocycles. The molecule has 0 bridgehead atoms. The number of rotatable bonds is 6. The molecule has 2 aromatic carbocycles. The molecule has 11 heteroatoms. The van der Waals surface area contributed by atoms with Gasteiger partial charge < -0.3 is 4.90 Å². The molecule has 0 atom stereocenters. The maximum absolute atomic E-state index is 14.9. The van der Waals surface area contributed by atoms with E-state index < -0.39 is 24.1 Å². The van der Waals surface area contributed by atoms with Crippen LogP contribution >= 0.6 is 11.8 Å². The van der Waals surface area contributed by atoms with E-state index in [4.69, 9.17) is 0 Å². The minimum absolute atomic E-state index is 0.0657. The fourth-order valence-corrected chi connectivity index (χ4v) is 4.24. The molecule has 1 saturated heterocycles. The number of carbonyl (C=O) groups is 3. The Morgan fingerprint density at radius 1 is 1.06 bits per heavy atom. The highest BCUT2D eigenvalue weighted by molar-refractivity contribution is 7.99. The van der Waals surface area contributed by atoms with E-state index in [0.29, 0.717) is 18.8 Å². The van der Waals surface area contributed by atoms with Crippen molar-refractivity contribution in [2.75, 3.05) is 29.5 Å². The van der Waals surface area contributed by atoms with E-state index >= 15 is 0 Å². The molecule has 7 nitrogen and oxygen atoms in total. The zero-order chi connectivity index (χ0) is 24.7. The van der Waals surface area contributed by atoms with Crippen molar-refractivity contribution in [3.05, 3.63) is 65.0 Å². The number of hydrogen-bond acceptors (Lipinski definition) is 4. The first-order valence-corrected chi connectivity index (χ1v) is 11.9. The molecule has 1 heterocycles. The van der Waals surface area contributed by atoms with Gasteiger partial charge in [-0.1, -0.05) is 25.1 Å². The number of thioether (sulfide) groups is 1. The molecule has 1 aliphatic rings. The van der Waals surface area contributed by atoms with Crippen LogP contribution in [-0.4, -0.2) is 53.8 Å². The molecule has 2 N–H and O–H groups in total. The van der Waals surface area contributed by atoms with Crippen LogP contribution in [0.15, 0.2) is 42.5 Å². The molecule has 182 valence electrons. The quantitative estimate of drug-likeness (QED) is 0.602. The van der Waals surface area contributed by atoms with Gasteiger partial charge in [-0.2, -0.15) is 20.5 Å². The SMILES string of the molecule is CCc1ccc(N(Cc2ccc(C(=O)NNC(=O)C(F)F)cc2F)C(=O)N2CCSCC2)cc1. The number of benzene rings is 2. The molecular weight excluding hydrogens is 469 g/mol. The normalized spacial score (nSPS) is 13.5. The molecule has 0 radical (unpaired) electrons. The van der Waals surface area contributed by atoms with Crippen molar-refractivity contribution in [3.63, 3.8) is 0 Å². The van der Waals surface area contributed by atoms with Gasteiger partial charge in [-0.15, -0.1) is 0 Å². The Morgan fingerprint density at radius 3 is 2.32 bits per heavy atom. The third kappa shape index (κ3) is 6.43. The summed E-state index contributed by atoms with van der Waals surface area (Å²) in [7, 11) is 0. The standard InChI is InChI=1S/C23H25F3N4O3S/c1-2-15-3-7-18(8-4-15)30(23(33)29-9-11-34-12-10-29)14-17-6-5-16(13-19(17)24)21(31)27-28-22(32)20(25)26/h3-8,13,20H,2,9-12,14H2,1H3,(H,27,31)(H,28,32). The number of alkyl halides is 2. The van der Waals surface area contributed by atoms with Crippen molar-refractivity contribution in [2.24, 2.45) is 0 Å². The van der Waals surface area contributed by atoms with Crippen LogP contribution in [0.5, 0.6) is 0 Å². The molecule has 0 unspecified atom stereocenters. The molecule has 3 rings (SSSR count). The zero-order valence-electron chi connectivity index (χ0n) is 18.5. The first-order chi connectivity index (χ1) is 16.3. The largest absolute Gasteiger partial charge is 0.324 e. The summed E-state index contributed by atoms with van der Waals surface area (Å²) < 4.78 is 39.4. The zero-order valence-corrected chi connectivity index (χ0v) is 19.3. The Balaban J connectivity index is 1.80. The number of hydrazine groups is 1. The fourth-order valence-electron chi connectivity index (χ4n) is 3.34. The van der Waals surface area contributed by atoms with Crippen molar-refractivity contribution in [1.82, 2.24) is 15.8 Å². The van der Waals surface area contributed by atoms with Crippen molar-refractivity contribution in [1.29, 1.82) is 0 Å². The van der Waals surface area contributed by atoms with E-state index in [-0.39, 0.29) is 23.7 Å². The number of anilines is 1. The van der Waals surface area contributed by atoms with E-state index in [0.717, 1.165) is 29.6 Å². The molecule has 34 heavy (non-hydrogen) atoms. The van der Waals surface area contributed by atoms with Crippen molar-refractivity contribution >= 4 is 35.3 Å². The lowest BCUT2D eigenvalue weighted by Gasteiger charge is -2.33. The van der Waals surface area contributed by atoms with Gasteiger partial charge in [0.05, 0.1) is 6.54 Å². The average molecular weight is 495 g/mol. The molecule has 1 fully saturated rings. The Morgan fingerprint density at radius 2 is 1.74 bits per heavy atom. The molecule has 4 amide bonds. The number of amides is 4. The van der Waals surface area contributed by atoms with Gasteiger partial charge in [-0.3, -0.25) is 25.3 Å². The van der Waals surface area contributed by atoms with E-state index in [2.05, 4.69) is 0 Å². The van der Waals surface area contributed by atoms with Gasteiger partial charge in [-0.25, -0.2) is 9.18 Å². The summed E-state index contributed by atoms with van der Waals surface area (Å²) in [5, 5.41) is 0. The first kappa shape index (κ1) is 25.4. The van der Waals surface area contributed by atoms with Crippen molar-refractivity contribution in [2.45, 2.75) is 26.3 Å². The van der Waals surface area contributed by atoms with E-state index in [1.807, 2.05) is 36.6 Å². The van der Waals surface area contributed by atoms with Gasteiger partial charge in [0.25, 0.3) is 5.91 Å². The molecule has 1 aliphatic heterocycles. The number of nitrogens with one attached hydrogen (secondary N) is 2. The highest BCUT2D eigenvalue weighted by atomic mass is 32.2. The third-order valence-corrected chi connectivity index (χ3v) is 6.25. The van der Waals surface area contributed by atoms with Crippen molar-refractivity contribution in [3.8, 4) is 0 Å². The molecular formula is C23H25F3N4O3S. The highest BCUT2D eigenvalue weighted by Gasteiger charge is 2.25. The smallest absolute Gasteiger partial charge is 0.323 e. The Bertz CT molecular complexity index is 1030. The monoisotopic (exact) mass is 494 g/mol. The van der Waals surface area contributed by atoms with Crippen LogP contribution in [0, 0.1) is 5.82 Å². The summed E-state index contributed by atoms with van der Waals surface area (Å²) in [4.78, 5) is 39.5. The predicted molar refractivity (Wildman–Crippen MR) is 124 cm³/mol. The number of halogens is 3. The Hall–Kier alpha value is -3.21. The van der Waals surface area contributed by atoms with Crippen LogP contribution < -0.4 is 15.8 Å². The summed E-state index contributed by atoms with van der Waals surface area (Å²) in [5.74, 6) is -1.72. The van der Waals surface area contributed by atoms with Gasteiger partial charge in [0.1, 0.15) is 5.82 Å². The van der Waals surface area contributed by atoms with Crippen LogP contribution in [0.2, 0.25) is 0 Å². The number of hydrogen-bond donors (Lipinski definition) is 2. The minimum atomic E-state index is -3.30. The topological polar surface area (TPSA) is 81.8 Å². The molecule has 0 spiro atoms. The second kappa shape index (κ2) is 11.8. The number of aryl methyl sites for hydroxylation is 1. The molecule has 2 aromatic rings. The lowest BCUT2D eigenvalue weighted by molar-refractivity contribution is -0.132. The second-order valence-electron chi connectivity index (χ2n) is 7.54. The van der Waals surface area contributed by atoms with Gasteiger partial charge in [0, 0.05) is 41.4 Å². The summed E-state index contributed by atoms with van der Waals surface area (Å²) in [6.07, 6.45) is -2.46. The van der Waals surface area contributed by atoms with Crippen LogP contribution in [0.3, 0.4) is 0 Å². The Kier molecular flexibility index (Phi) is 8.80. The summed E-state index contributed by atoms with van der Waals surface area (Å²) in [6.45, 7) is 3.15. The lowest BCUT2D eigenvalue weighted by atomic mass is 10.1. The first-order valence-electron chi connectivity index (χ1n) is 10.7. The predicted octanol–water partition coefficient (Wildman–Crippen LogP) is 3.59. The van der Waals surface area contributed by atoms with Crippen LogP contribution in [0.25, 0.3) is 0 Å². The van der Waals surface area contributed by atoms with Gasteiger partial charge in [0.15, 0.2) is 0 Å². The molecule has 0 aromatic heterocycles. The minimum Gasteiger partial charge on any atom is -0.323 e. The van der Waals surface area contributed by atoms with E-state index in [1.165, 1.54) is 17.0 Å². The number of carbonyl (C=O) groups excluding carboxylic acids is 3. The second-order valence-corrected chi connectivity index (χ2v) is 8.76. The summed E-state index contributed by atoms with van der Waals surface area (Å²) in [5.41, 5.74) is 5.09. The van der Waals surface area contributed by atoms with E-state index in [9.17, 15) is 27.6 Å². The Labute approximate surface area is 199 Å². The highest BCUT2D eigenvalue weighted by Crippen LogP contribution is 2.23. The lowest BCUT2D eigenvalue weighted by Crippen LogP contribution is -2.46. The maximum Gasteiger partial charge on any atom is 0.324 e. The summed E-state index contributed by atoms with van der Waals surface area (Å²) in [6, 6.07) is 10.8. The van der Waals surface area contributed by atoms with Crippen LogP contribution in [0.1, 0.15) is 28.4 Å². The number of nitrogens with zero attached hydrogens (tertiary/aromatic N) is 2. The average Bonchev–Trinajstić information content (AvgIpc) is 2.86. The number of urea groups is 1. The maximum atomic E-state index is 14.9. The molecule has 0 aliphatic carbocycles. The fraction of sp³-hybridized carbons (Fsp3) is 0.348. The van der Waals surface area contributed by atoms with Gasteiger partial charge >= 0.3 is 18.4 Å². The van der Waals surface area contributed by atoms with Gasteiger partial charge in [-0.05, 0) is 36.2 Å².